The van der Waals surface area contributed by atoms with E-state index >= 15 is 0 Å². The molecule has 0 aliphatic carbocycles. The summed E-state index contributed by atoms with van der Waals surface area (Å²) < 4.78 is 19.0. The van der Waals surface area contributed by atoms with Crippen LogP contribution in [0.1, 0.15) is 26.3 Å². The second kappa shape index (κ2) is 9.88. The fourth-order valence-corrected chi connectivity index (χ4v) is 2.96. The summed E-state index contributed by atoms with van der Waals surface area (Å²) in [4.78, 5) is 0. The lowest BCUT2D eigenvalue weighted by Crippen LogP contribution is -2.00. The summed E-state index contributed by atoms with van der Waals surface area (Å²) in [6.07, 6.45) is 1.70. The topological polar surface area (TPSA) is 73.7 Å². The Bertz CT molecular complexity index is 1040. The van der Waals surface area contributed by atoms with E-state index in [2.05, 4.69) is 15.3 Å². The van der Waals surface area contributed by atoms with Gasteiger partial charge in [0.1, 0.15) is 5.75 Å². The average molecular weight is 413 g/mol. The number of ether oxygens (including phenoxy) is 3. The van der Waals surface area contributed by atoms with Crippen LogP contribution in [0.25, 0.3) is 11.4 Å². The van der Waals surface area contributed by atoms with Crippen LogP contribution in [0.5, 0.6) is 17.2 Å². The molecular formula is C21H24N4O3S. The maximum absolute atomic E-state index is 5.71. The highest BCUT2D eigenvalue weighted by Gasteiger charge is 2.13. The molecule has 152 valence electrons. The maximum atomic E-state index is 5.71. The van der Waals surface area contributed by atoms with E-state index in [1.54, 1.807) is 10.9 Å². The Labute approximate surface area is 174 Å². The lowest BCUT2D eigenvalue weighted by atomic mass is 10.2. The molecule has 8 heteroatoms. The Balaban J connectivity index is 1.96. The normalized spacial score (nSPS) is 11.0. The van der Waals surface area contributed by atoms with Crippen LogP contribution in [0.4, 0.5) is 0 Å². The summed E-state index contributed by atoms with van der Waals surface area (Å²) in [5, 5.41) is 11.7. The van der Waals surface area contributed by atoms with Crippen LogP contribution in [0.15, 0.2) is 47.6 Å². The van der Waals surface area contributed by atoms with Gasteiger partial charge in [0.2, 0.25) is 4.77 Å². The molecule has 0 saturated heterocycles. The van der Waals surface area contributed by atoms with Gasteiger partial charge in [-0.2, -0.15) is 14.9 Å². The standard InChI is InChI=1S/C21H24N4O3S/c1-4-26-17-10-8-7-9-16(17)20-23-24-21(29)25(20)22-14-15-11-12-18(27-5-2)19(13-15)28-6-3/h7-14H,4-6H2,1-3H3,(H,24,29)/b22-14-. The zero-order valence-corrected chi connectivity index (χ0v) is 17.5. The van der Waals surface area contributed by atoms with E-state index in [0.717, 1.165) is 16.9 Å². The van der Waals surface area contributed by atoms with Gasteiger partial charge in [-0.3, -0.25) is 0 Å². The van der Waals surface area contributed by atoms with Gasteiger partial charge in [0.05, 0.1) is 31.6 Å². The highest BCUT2D eigenvalue weighted by Crippen LogP contribution is 2.29. The van der Waals surface area contributed by atoms with Crippen molar-refractivity contribution >= 4 is 18.4 Å². The Hall–Kier alpha value is -3.13. The SMILES string of the molecule is CCOc1ccc(/C=N\n2c(-c3ccccc3OCC)n[nH]c2=S)cc1OCC. The Morgan fingerprint density at radius 2 is 1.66 bits per heavy atom. The first-order valence-corrected chi connectivity index (χ1v) is 9.92. The van der Waals surface area contributed by atoms with Crippen molar-refractivity contribution in [2.45, 2.75) is 20.8 Å². The van der Waals surface area contributed by atoms with Gasteiger partial charge in [-0.25, -0.2) is 5.10 Å². The molecule has 0 unspecified atom stereocenters. The number of hydrogen-bond acceptors (Lipinski definition) is 6. The molecule has 1 aromatic heterocycles. The lowest BCUT2D eigenvalue weighted by Gasteiger charge is -2.11. The summed E-state index contributed by atoms with van der Waals surface area (Å²) >= 11 is 5.36. The second-order valence-corrected chi connectivity index (χ2v) is 6.30. The van der Waals surface area contributed by atoms with E-state index < -0.39 is 0 Å². The molecule has 7 nitrogen and oxygen atoms in total. The minimum Gasteiger partial charge on any atom is -0.493 e. The van der Waals surface area contributed by atoms with Gasteiger partial charge in [0, 0.05) is 0 Å². The predicted octanol–water partition coefficient (Wildman–Crippen LogP) is 4.69. The zero-order chi connectivity index (χ0) is 20.6. The highest BCUT2D eigenvalue weighted by atomic mass is 32.1. The molecule has 2 aromatic carbocycles. The van der Waals surface area contributed by atoms with Crippen molar-refractivity contribution < 1.29 is 14.2 Å². The van der Waals surface area contributed by atoms with Gasteiger partial charge in [0.25, 0.3) is 0 Å². The number of hydrogen-bond donors (Lipinski definition) is 1. The molecular weight excluding hydrogens is 388 g/mol. The van der Waals surface area contributed by atoms with Crippen LogP contribution in [-0.4, -0.2) is 40.9 Å². The van der Waals surface area contributed by atoms with E-state index in [9.17, 15) is 0 Å². The number of rotatable bonds is 9. The third-order valence-electron chi connectivity index (χ3n) is 3.97. The number of para-hydroxylation sites is 1. The number of nitrogens with one attached hydrogen (secondary N) is 1. The smallest absolute Gasteiger partial charge is 0.216 e. The molecule has 3 rings (SSSR count). The van der Waals surface area contributed by atoms with Crippen molar-refractivity contribution in [2.24, 2.45) is 5.10 Å². The third-order valence-corrected chi connectivity index (χ3v) is 4.23. The highest BCUT2D eigenvalue weighted by molar-refractivity contribution is 7.71. The maximum Gasteiger partial charge on any atom is 0.216 e. The Kier molecular flexibility index (Phi) is 7.02. The molecule has 0 saturated carbocycles. The second-order valence-electron chi connectivity index (χ2n) is 5.91. The lowest BCUT2D eigenvalue weighted by molar-refractivity contribution is 0.288. The van der Waals surface area contributed by atoms with E-state index in [-0.39, 0.29) is 0 Å². The van der Waals surface area contributed by atoms with Gasteiger partial charge in [-0.05, 0) is 68.9 Å². The van der Waals surface area contributed by atoms with E-state index in [0.29, 0.717) is 41.9 Å². The molecule has 0 atom stereocenters. The van der Waals surface area contributed by atoms with Crippen LogP contribution in [0.3, 0.4) is 0 Å². The van der Waals surface area contributed by atoms with Crippen LogP contribution in [-0.2, 0) is 0 Å². The third kappa shape index (κ3) is 4.83. The molecule has 0 bridgehead atoms. The first kappa shape index (κ1) is 20.6. The van der Waals surface area contributed by atoms with Crippen molar-refractivity contribution in [1.29, 1.82) is 0 Å². The Morgan fingerprint density at radius 3 is 2.41 bits per heavy atom. The van der Waals surface area contributed by atoms with Crippen molar-refractivity contribution in [3.8, 4) is 28.6 Å². The monoisotopic (exact) mass is 412 g/mol. The van der Waals surface area contributed by atoms with Crippen molar-refractivity contribution in [3.63, 3.8) is 0 Å². The molecule has 0 fully saturated rings. The predicted molar refractivity (Wildman–Crippen MR) is 116 cm³/mol. The summed E-state index contributed by atoms with van der Waals surface area (Å²) in [7, 11) is 0. The molecule has 3 aromatic rings. The van der Waals surface area contributed by atoms with E-state index in [1.807, 2.05) is 63.2 Å². The number of nitrogens with zero attached hydrogens (tertiary/aromatic N) is 3. The van der Waals surface area contributed by atoms with E-state index in [4.69, 9.17) is 26.4 Å². The van der Waals surface area contributed by atoms with E-state index in [1.165, 1.54) is 0 Å². The van der Waals surface area contributed by atoms with Gasteiger partial charge < -0.3 is 14.2 Å². The molecule has 0 spiro atoms. The molecule has 0 aliphatic rings. The van der Waals surface area contributed by atoms with Crippen LogP contribution >= 0.6 is 12.2 Å². The summed E-state index contributed by atoms with van der Waals surface area (Å²) in [6.45, 7) is 7.48. The fourth-order valence-electron chi connectivity index (χ4n) is 2.78. The van der Waals surface area contributed by atoms with Crippen molar-refractivity contribution in [1.82, 2.24) is 14.9 Å². The summed E-state index contributed by atoms with van der Waals surface area (Å²) in [5.41, 5.74) is 1.66. The average Bonchev–Trinajstić information content (AvgIpc) is 3.09. The molecule has 0 aliphatic heterocycles. The molecule has 1 heterocycles. The Morgan fingerprint density at radius 1 is 0.966 bits per heavy atom. The first-order valence-electron chi connectivity index (χ1n) is 9.51. The van der Waals surface area contributed by atoms with Crippen LogP contribution < -0.4 is 14.2 Å². The van der Waals surface area contributed by atoms with Gasteiger partial charge in [-0.1, -0.05) is 12.1 Å². The van der Waals surface area contributed by atoms with Crippen LogP contribution in [0.2, 0.25) is 0 Å². The quantitative estimate of drug-likeness (QED) is 0.408. The molecule has 1 N–H and O–H groups in total. The fraction of sp³-hybridized carbons (Fsp3) is 0.286. The van der Waals surface area contributed by atoms with Crippen LogP contribution in [0, 0.1) is 4.77 Å². The summed E-state index contributed by atoms with van der Waals surface area (Å²) in [6, 6.07) is 13.3. The number of aromatic nitrogens is 3. The minimum atomic E-state index is 0.388. The minimum absolute atomic E-state index is 0.388. The van der Waals surface area contributed by atoms with Crippen molar-refractivity contribution in [3.05, 3.63) is 52.8 Å². The zero-order valence-electron chi connectivity index (χ0n) is 16.7. The number of H-pyrrole nitrogens is 1. The first-order chi connectivity index (χ1) is 14.2. The van der Waals surface area contributed by atoms with Gasteiger partial charge in [0.15, 0.2) is 17.3 Å². The molecule has 0 radical (unpaired) electrons. The number of aromatic amines is 1. The van der Waals surface area contributed by atoms with Gasteiger partial charge in [-0.15, -0.1) is 0 Å². The largest absolute Gasteiger partial charge is 0.493 e. The summed E-state index contributed by atoms with van der Waals surface area (Å²) in [5.74, 6) is 2.68. The molecule has 29 heavy (non-hydrogen) atoms. The number of benzene rings is 2. The molecule has 0 amide bonds. The van der Waals surface area contributed by atoms with Gasteiger partial charge >= 0.3 is 0 Å². The van der Waals surface area contributed by atoms with Crippen molar-refractivity contribution in [2.75, 3.05) is 19.8 Å².